The number of hydrogen-bond donors (Lipinski definition) is 2. The normalized spacial score (nSPS) is 11.4. The molecule has 188 valence electrons. The van der Waals surface area contributed by atoms with Crippen LogP contribution in [-0.4, -0.2) is 32.4 Å². The number of nitrogens with one attached hydrogen (secondary N) is 2. The summed E-state index contributed by atoms with van der Waals surface area (Å²) in [5.74, 6) is -0.862. The molecule has 3 rings (SSSR count). The Hall–Kier alpha value is -3.99. The van der Waals surface area contributed by atoms with Crippen LogP contribution in [0.3, 0.4) is 0 Å². The van der Waals surface area contributed by atoms with Crippen LogP contribution in [0.2, 0.25) is 0 Å². The summed E-state index contributed by atoms with van der Waals surface area (Å²) in [5.41, 5.74) is 0.851. The monoisotopic (exact) mass is 564 g/mol. The van der Waals surface area contributed by atoms with Crippen LogP contribution in [0.4, 0.5) is 18.9 Å². The molecule has 2 N–H and O–H groups in total. The number of amides is 2. The number of hydrogen-bond acceptors (Lipinski definition) is 5. The van der Waals surface area contributed by atoms with Crippen molar-refractivity contribution in [2.75, 3.05) is 19.5 Å². The molecule has 7 nitrogen and oxygen atoms in total. The van der Waals surface area contributed by atoms with E-state index in [9.17, 15) is 22.8 Å². The average Bonchev–Trinajstić information content (AvgIpc) is 2.85. The van der Waals surface area contributed by atoms with Gasteiger partial charge in [-0.05, 0) is 60.2 Å². The molecular weight excluding hydrogens is 545 g/mol. The maximum absolute atomic E-state index is 13.1. The Morgan fingerprint density at radius 1 is 0.917 bits per heavy atom. The van der Waals surface area contributed by atoms with Gasteiger partial charge in [-0.2, -0.15) is 0 Å². The first-order valence-corrected chi connectivity index (χ1v) is 11.1. The molecule has 0 aliphatic rings. The van der Waals surface area contributed by atoms with Crippen LogP contribution in [0, 0.1) is 0 Å². The highest BCUT2D eigenvalue weighted by Crippen LogP contribution is 2.34. The molecular formula is C25H20BrF3N2O5. The van der Waals surface area contributed by atoms with Gasteiger partial charge in [-0.1, -0.05) is 34.1 Å². The number of carbonyl (C=O) groups excluding carboxylic acids is 2. The molecule has 36 heavy (non-hydrogen) atoms. The van der Waals surface area contributed by atoms with Gasteiger partial charge < -0.3 is 24.8 Å². The van der Waals surface area contributed by atoms with Crippen LogP contribution < -0.4 is 24.8 Å². The Kier molecular flexibility index (Phi) is 8.59. The van der Waals surface area contributed by atoms with Crippen LogP contribution in [0.15, 0.2) is 76.9 Å². The minimum atomic E-state index is -4.84. The molecule has 0 atom stereocenters. The number of methoxy groups -OCH3 is 2. The number of benzene rings is 3. The zero-order valence-corrected chi connectivity index (χ0v) is 20.6. The highest BCUT2D eigenvalue weighted by molar-refractivity contribution is 9.10. The van der Waals surface area contributed by atoms with E-state index < -0.39 is 23.9 Å². The van der Waals surface area contributed by atoms with Crippen LogP contribution >= 0.6 is 15.9 Å². The van der Waals surface area contributed by atoms with E-state index in [0.717, 1.165) is 12.1 Å². The average molecular weight is 565 g/mol. The van der Waals surface area contributed by atoms with E-state index in [2.05, 4.69) is 31.3 Å². The topological polar surface area (TPSA) is 85.9 Å². The minimum absolute atomic E-state index is 0.132. The number of rotatable bonds is 8. The van der Waals surface area contributed by atoms with E-state index in [1.807, 2.05) is 0 Å². The molecule has 3 aromatic carbocycles. The summed E-state index contributed by atoms with van der Waals surface area (Å²) in [6.07, 6.45) is -3.42. The van der Waals surface area contributed by atoms with Crippen molar-refractivity contribution in [2.24, 2.45) is 0 Å². The molecule has 0 saturated heterocycles. The quantitative estimate of drug-likeness (QED) is 0.339. The standard InChI is InChI=1S/C25H20BrF3N2O5/c1-34-21-13-16(19(26)14-22(21)35-2)12-20(31-23(32)15-6-4-3-5-7-15)24(33)30-17-8-10-18(11-9-17)36-25(27,28)29/h3-14H,1-2H3,(H,30,33)(H,31,32). The third kappa shape index (κ3) is 7.25. The van der Waals surface area contributed by atoms with Crippen molar-refractivity contribution in [1.29, 1.82) is 0 Å². The lowest BCUT2D eigenvalue weighted by Crippen LogP contribution is -2.30. The van der Waals surface area contributed by atoms with Crippen LogP contribution in [0.25, 0.3) is 6.08 Å². The van der Waals surface area contributed by atoms with Crippen molar-refractivity contribution in [3.63, 3.8) is 0 Å². The van der Waals surface area contributed by atoms with Gasteiger partial charge in [-0.25, -0.2) is 0 Å². The van der Waals surface area contributed by atoms with Crippen molar-refractivity contribution >= 4 is 39.5 Å². The van der Waals surface area contributed by atoms with E-state index >= 15 is 0 Å². The van der Waals surface area contributed by atoms with E-state index in [0.29, 0.717) is 27.1 Å². The molecule has 3 aromatic rings. The lowest BCUT2D eigenvalue weighted by Gasteiger charge is -2.14. The van der Waals surface area contributed by atoms with Crippen LogP contribution in [-0.2, 0) is 4.79 Å². The third-order valence-corrected chi connectivity index (χ3v) is 5.36. The van der Waals surface area contributed by atoms with E-state index in [-0.39, 0.29) is 11.4 Å². The van der Waals surface area contributed by atoms with Gasteiger partial charge in [0.25, 0.3) is 11.8 Å². The maximum Gasteiger partial charge on any atom is 0.573 e. The summed E-state index contributed by atoms with van der Waals surface area (Å²) < 4.78 is 52.2. The van der Waals surface area contributed by atoms with Gasteiger partial charge in [-0.3, -0.25) is 9.59 Å². The maximum atomic E-state index is 13.1. The van der Waals surface area contributed by atoms with Crippen LogP contribution in [0.1, 0.15) is 15.9 Å². The molecule has 0 heterocycles. The summed E-state index contributed by atoms with van der Waals surface area (Å²) >= 11 is 3.41. The zero-order chi connectivity index (χ0) is 26.3. The molecule has 0 spiro atoms. The smallest absolute Gasteiger partial charge is 0.493 e. The van der Waals surface area contributed by atoms with Crippen molar-refractivity contribution in [1.82, 2.24) is 5.32 Å². The second-order valence-electron chi connectivity index (χ2n) is 7.13. The molecule has 0 fully saturated rings. The van der Waals surface area contributed by atoms with Gasteiger partial charge in [0, 0.05) is 15.7 Å². The first-order valence-electron chi connectivity index (χ1n) is 10.3. The number of ether oxygens (including phenoxy) is 3. The number of anilines is 1. The summed E-state index contributed by atoms with van der Waals surface area (Å²) in [6.45, 7) is 0. The van der Waals surface area contributed by atoms with E-state index in [1.165, 1.54) is 32.4 Å². The van der Waals surface area contributed by atoms with E-state index in [1.54, 1.807) is 42.5 Å². The summed E-state index contributed by atoms with van der Waals surface area (Å²) in [7, 11) is 2.93. The van der Waals surface area contributed by atoms with Gasteiger partial charge >= 0.3 is 6.36 Å². The fourth-order valence-electron chi connectivity index (χ4n) is 3.02. The van der Waals surface area contributed by atoms with Crippen molar-refractivity contribution in [3.05, 3.63) is 88.0 Å². The molecule has 0 unspecified atom stereocenters. The summed E-state index contributed by atoms with van der Waals surface area (Å²) in [6, 6.07) is 16.1. The molecule has 2 amide bonds. The first-order chi connectivity index (χ1) is 17.1. The molecule has 0 radical (unpaired) electrons. The SMILES string of the molecule is COc1cc(Br)c(C=C(NC(=O)c2ccccc2)C(=O)Nc2ccc(OC(F)(F)F)cc2)cc1OC. The lowest BCUT2D eigenvalue weighted by molar-refractivity contribution is -0.274. The molecule has 0 aliphatic heterocycles. The van der Waals surface area contributed by atoms with Gasteiger partial charge in [-0.15, -0.1) is 13.2 Å². The predicted octanol–water partition coefficient (Wildman–Crippen LogP) is 5.77. The third-order valence-electron chi connectivity index (χ3n) is 4.68. The molecule has 0 saturated carbocycles. The molecule has 0 aliphatic carbocycles. The second kappa shape index (κ2) is 11.6. The predicted molar refractivity (Wildman–Crippen MR) is 131 cm³/mol. The van der Waals surface area contributed by atoms with E-state index in [4.69, 9.17) is 9.47 Å². The Morgan fingerprint density at radius 2 is 1.53 bits per heavy atom. The van der Waals surface area contributed by atoms with Gasteiger partial charge in [0.2, 0.25) is 0 Å². The Balaban J connectivity index is 1.93. The van der Waals surface area contributed by atoms with Gasteiger partial charge in [0.05, 0.1) is 14.2 Å². The molecule has 0 aromatic heterocycles. The Labute approximate surface area is 213 Å². The number of halogens is 4. The number of alkyl halides is 3. The fourth-order valence-corrected chi connectivity index (χ4v) is 3.45. The molecule has 0 bridgehead atoms. The molecule has 11 heteroatoms. The van der Waals surface area contributed by atoms with Crippen LogP contribution in [0.5, 0.6) is 17.2 Å². The van der Waals surface area contributed by atoms with Gasteiger partial charge in [0.1, 0.15) is 11.4 Å². The highest BCUT2D eigenvalue weighted by atomic mass is 79.9. The van der Waals surface area contributed by atoms with Crippen molar-refractivity contribution in [2.45, 2.75) is 6.36 Å². The second-order valence-corrected chi connectivity index (χ2v) is 7.99. The summed E-state index contributed by atoms with van der Waals surface area (Å²) in [4.78, 5) is 25.9. The first kappa shape index (κ1) is 26.6. The zero-order valence-electron chi connectivity index (χ0n) is 19.0. The Morgan fingerprint density at radius 3 is 2.11 bits per heavy atom. The van der Waals surface area contributed by atoms with Crippen molar-refractivity contribution < 1.29 is 37.0 Å². The fraction of sp³-hybridized carbons (Fsp3) is 0.120. The minimum Gasteiger partial charge on any atom is -0.493 e. The van der Waals surface area contributed by atoms with Crippen molar-refractivity contribution in [3.8, 4) is 17.2 Å². The van der Waals surface area contributed by atoms with Gasteiger partial charge in [0.15, 0.2) is 11.5 Å². The summed E-state index contributed by atoms with van der Waals surface area (Å²) in [5, 5.41) is 5.13. The lowest BCUT2D eigenvalue weighted by atomic mass is 10.1. The number of carbonyl (C=O) groups is 2. The largest absolute Gasteiger partial charge is 0.573 e. The Bertz CT molecular complexity index is 1260. The highest BCUT2D eigenvalue weighted by Gasteiger charge is 2.31.